The zero-order chi connectivity index (χ0) is 12.1. The number of unbranched alkanes of at least 4 members (excludes halogenated alkanes) is 1. The van der Waals surface area contributed by atoms with Crippen LogP contribution in [0.15, 0.2) is 18.2 Å². The molecule has 3 N–H and O–H groups in total. The molecule has 1 rings (SSSR count). The van der Waals surface area contributed by atoms with E-state index in [4.69, 9.17) is 10.8 Å². The third-order valence-electron chi connectivity index (χ3n) is 2.51. The average Bonchev–Trinajstić information content (AvgIpc) is 2.25. The Morgan fingerprint density at radius 1 is 1.50 bits per heavy atom. The molecular formula is C12H18N2O2. The summed E-state index contributed by atoms with van der Waals surface area (Å²) in [6.45, 7) is 2.94. The SMILES string of the molecule is CCCCN(C)c1cc(N)ccc1C(=O)O. The first kappa shape index (κ1) is 12.4. The predicted octanol–water partition coefficient (Wildman–Crippen LogP) is 2.20. The van der Waals surface area contributed by atoms with Gasteiger partial charge in [0.05, 0.1) is 11.3 Å². The molecule has 0 aliphatic heterocycles. The molecule has 4 nitrogen and oxygen atoms in total. The van der Waals surface area contributed by atoms with E-state index in [1.54, 1.807) is 18.2 Å². The van der Waals surface area contributed by atoms with Crippen LogP contribution in [0, 0.1) is 0 Å². The molecule has 0 aliphatic rings. The molecule has 1 aromatic carbocycles. The fourth-order valence-electron chi connectivity index (χ4n) is 1.56. The highest BCUT2D eigenvalue weighted by Crippen LogP contribution is 2.23. The van der Waals surface area contributed by atoms with Crippen molar-refractivity contribution in [1.82, 2.24) is 0 Å². The second-order valence-corrected chi connectivity index (χ2v) is 3.86. The molecule has 0 heterocycles. The monoisotopic (exact) mass is 222 g/mol. The lowest BCUT2D eigenvalue weighted by Crippen LogP contribution is -2.21. The van der Waals surface area contributed by atoms with E-state index in [9.17, 15) is 4.79 Å². The summed E-state index contributed by atoms with van der Waals surface area (Å²) in [6, 6.07) is 4.87. The lowest BCUT2D eigenvalue weighted by molar-refractivity contribution is 0.0697. The van der Waals surface area contributed by atoms with Crippen molar-refractivity contribution in [3.63, 3.8) is 0 Å². The Morgan fingerprint density at radius 2 is 2.19 bits per heavy atom. The van der Waals surface area contributed by atoms with Crippen LogP contribution in [0.25, 0.3) is 0 Å². The van der Waals surface area contributed by atoms with Gasteiger partial charge in [-0.15, -0.1) is 0 Å². The molecule has 0 atom stereocenters. The van der Waals surface area contributed by atoms with Crippen LogP contribution >= 0.6 is 0 Å². The molecule has 88 valence electrons. The van der Waals surface area contributed by atoms with Crippen molar-refractivity contribution in [1.29, 1.82) is 0 Å². The maximum absolute atomic E-state index is 11.0. The van der Waals surface area contributed by atoms with Gasteiger partial charge in [0.25, 0.3) is 0 Å². The number of nitrogen functional groups attached to an aromatic ring is 1. The zero-order valence-electron chi connectivity index (χ0n) is 9.73. The average molecular weight is 222 g/mol. The smallest absolute Gasteiger partial charge is 0.337 e. The molecule has 0 amide bonds. The Morgan fingerprint density at radius 3 is 2.75 bits per heavy atom. The minimum absolute atomic E-state index is 0.299. The lowest BCUT2D eigenvalue weighted by atomic mass is 10.1. The summed E-state index contributed by atoms with van der Waals surface area (Å²) in [7, 11) is 1.89. The van der Waals surface area contributed by atoms with Gasteiger partial charge < -0.3 is 15.7 Å². The molecular weight excluding hydrogens is 204 g/mol. The van der Waals surface area contributed by atoms with Crippen molar-refractivity contribution >= 4 is 17.3 Å². The second-order valence-electron chi connectivity index (χ2n) is 3.86. The van der Waals surface area contributed by atoms with Crippen LogP contribution in [0.3, 0.4) is 0 Å². The molecule has 0 spiro atoms. The maximum Gasteiger partial charge on any atom is 0.337 e. The van der Waals surface area contributed by atoms with Gasteiger partial charge in [-0.1, -0.05) is 13.3 Å². The normalized spacial score (nSPS) is 10.1. The van der Waals surface area contributed by atoms with Crippen molar-refractivity contribution in [3.05, 3.63) is 23.8 Å². The van der Waals surface area contributed by atoms with E-state index in [0.29, 0.717) is 16.9 Å². The molecule has 0 saturated heterocycles. The zero-order valence-corrected chi connectivity index (χ0v) is 9.73. The number of carbonyl (C=O) groups is 1. The molecule has 0 unspecified atom stereocenters. The van der Waals surface area contributed by atoms with Crippen molar-refractivity contribution in [2.75, 3.05) is 24.2 Å². The molecule has 0 aliphatic carbocycles. The van der Waals surface area contributed by atoms with Crippen LogP contribution in [0.2, 0.25) is 0 Å². The highest BCUT2D eigenvalue weighted by Gasteiger charge is 2.13. The van der Waals surface area contributed by atoms with Gasteiger partial charge in [-0.25, -0.2) is 4.79 Å². The summed E-state index contributed by atoms with van der Waals surface area (Å²) in [6.07, 6.45) is 2.11. The van der Waals surface area contributed by atoms with Crippen LogP contribution < -0.4 is 10.6 Å². The first-order valence-electron chi connectivity index (χ1n) is 5.40. The number of nitrogens with zero attached hydrogens (tertiary/aromatic N) is 1. The van der Waals surface area contributed by atoms with E-state index in [-0.39, 0.29) is 0 Å². The number of hydrogen-bond acceptors (Lipinski definition) is 3. The highest BCUT2D eigenvalue weighted by atomic mass is 16.4. The Kier molecular flexibility index (Phi) is 4.17. The lowest BCUT2D eigenvalue weighted by Gasteiger charge is -2.21. The fraction of sp³-hybridized carbons (Fsp3) is 0.417. The number of carboxylic acids is 1. The summed E-state index contributed by atoms with van der Waals surface area (Å²) in [4.78, 5) is 13.0. The second kappa shape index (κ2) is 5.39. The number of nitrogens with two attached hydrogens (primary N) is 1. The van der Waals surface area contributed by atoms with E-state index >= 15 is 0 Å². The van der Waals surface area contributed by atoms with Crippen molar-refractivity contribution in [2.24, 2.45) is 0 Å². The minimum Gasteiger partial charge on any atom is -0.478 e. The molecule has 1 aromatic rings. The van der Waals surface area contributed by atoms with E-state index in [0.717, 1.165) is 19.4 Å². The van der Waals surface area contributed by atoms with E-state index in [1.807, 2.05) is 11.9 Å². The molecule has 0 fully saturated rings. The Balaban J connectivity index is 2.99. The Labute approximate surface area is 95.7 Å². The van der Waals surface area contributed by atoms with E-state index in [1.165, 1.54) is 0 Å². The topological polar surface area (TPSA) is 66.6 Å². The first-order chi connectivity index (χ1) is 7.56. The summed E-state index contributed by atoms with van der Waals surface area (Å²) >= 11 is 0. The van der Waals surface area contributed by atoms with Crippen LogP contribution in [0.1, 0.15) is 30.1 Å². The van der Waals surface area contributed by atoms with Crippen LogP contribution in [-0.4, -0.2) is 24.7 Å². The van der Waals surface area contributed by atoms with Gasteiger partial charge in [-0.3, -0.25) is 0 Å². The highest BCUT2D eigenvalue weighted by molar-refractivity contribution is 5.95. The molecule has 0 bridgehead atoms. The fourth-order valence-corrected chi connectivity index (χ4v) is 1.56. The van der Waals surface area contributed by atoms with Gasteiger partial charge >= 0.3 is 5.97 Å². The quantitative estimate of drug-likeness (QED) is 0.749. The summed E-state index contributed by atoms with van der Waals surface area (Å²) in [5.74, 6) is -0.918. The number of carboxylic acid groups (broad SMARTS) is 1. The van der Waals surface area contributed by atoms with Gasteiger partial charge in [0.15, 0.2) is 0 Å². The predicted molar refractivity (Wildman–Crippen MR) is 66.0 cm³/mol. The molecule has 0 aromatic heterocycles. The van der Waals surface area contributed by atoms with Gasteiger partial charge in [0.2, 0.25) is 0 Å². The number of hydrogen-bond donors (Lipinski definition) is 2. The van der Waals surface area contributed by atoms with Gasteiger partial charge in [0, 0.05) is 19.3 Å². The molecule has 0 radical (unpaired) electrons. The first-order valence-corrected chi connectivity index (χ1v) is 5.40. The number of rotatable bonds is 5. The van der Waals surface area contributed by atoms with Crippen molar-refractivity contribution < 1.29 is 9.90 Å². The Hall–Kier alpha value is -1.71. The third kappa shape index (κ3) is 2.89. The number of benzene rings is 1. The van der Waals surface area contributed by atoms with Crippen molar-refractivity contribution in [3.8, 4) is 0 Å². The number of aromatic carboxylic acids is 1. The maximum atomic E-state index is 11.0. The van der Waals surface area contributed by atoms with Crippen molar-refractivity contribution in [2.45, 2.75) is 19.8 Å². The van der Waals surface area contributed by atoms with Crippen LogP contribution in [0.5, 0.6) is 0 Å². The molecule has 0 saturated carbocycles. The molecule has 4 heteroatoms. The summed E-state index contributed by atoms with van der Waals surface area (Å²) < 4.78 is 0. The van der Waals surface area contributed by atoms with Crippen LogP contribution in [-0.2, 0) is 0 Å². The van der Waals surface area contributed by atoms with E-state index < -0.39 is 5.97 Å². The number of anilines is 2. The van der Waals surface area contributed by atoms with Gasteiger partial charge in [-0.2, -0.15) is 0 Å². The standard InChI is InChI=1S/C12H18N2O2/c1-3-4-7-14(2)11-8-9(13)5-6-10(11)12(15)16/h5-6,8H,3-4,7,13H2,1-2H3,(H,15,16). The Bertz CT molecular complexity index is 377. The summed E-state index contributed by atoms with van der Waals surface area (Å²) in [5.41, 5.74) is 7.24. The molecule has 16 heavy (non-hydrogen) atoms. The minimum atomic E-state index is -0.918. The van der Waals surface area contributed by atoms with E-state index in [2.05, 4.69) is 6.92 Å². The van der Waals surface area contributed by atoms with Crippen LogP contribution in [0.4, 0.5) is 11.4 Å². The third-order valence-corrected chi connectivity index (χ3v) is 2.51. The largest absolute Gasteiger partial charge is 0.478 e. The summed E-state index contributed by atoms with van der Waals surface area (Å²) in [5, 5.41) is 9.06. The van der Waals surface area contributed by atoms with Gasteiger partial charge in [0.1, 0.15) is 0 Å². The van der Waals surface area contributed by atoms with Gasteiger partial charge in [-0.05, 0) is 24.6 Å².